The SMILES string of the molecule is CC(=O)OC[C@@]1(O)[C@H]2[C@H](OC(C)=O)[C@@H]3C[C@H](OC(C)=O)C(C)=C([C@@H](OC(C)=O)[C@H](OC(C)=O)[C@]2(C)[C@@H](OC(C)=O)C[C@@H]1O)C3(C)C. The van der Waals surface area contributed by atoms with Gasteiger partial charge < -0.3 is 38.6 Å². The van der Waals surface area contributed by atoms with Crippen LogP contribution in [0.2, 0.25) is 0 Å². The summed E-state index contributed by atoms with van der Waals surface area (Å²) in [6.07, 6.45) is -8.70. The van der Waals surface area contributed by atoms with Crippen molar-refractivity contribution in [2.24, 2.45) is 22.7 Å². The van der Waals surface area contributed by atoms with Gasteiger partial charge in [-0.05, 0) is 29.9 Å². The van der Waals surface area contributed by atoms with E-state index in [1.807, 2.05) is 0 Å². The van der Waals surface area contributed by atoms with Crippen LogP contribution >= 0.6 is 0 Å². The number of carbonyl (C=O) groups excluding carboxylic acids is 6. The molecule has 2 saturated carbocycles. The van der Waals surface area contributed by atoms with E-state index in [0.717, 1.165) is 34.6 Å². The van der Waals surface area contributed by atoms with E-state index in [4.69, 9.17) is 28.4 Å². The van der Waals surface area contributed by atoms with Crippen LogP contribution in [-0.4, -0.2) is 94.9 Å². The average molecular weight is 655 g/mol. The second-order valence-electron chi connectivity index (χ2n) is 13.4. The van der Waals surface area contributed by atoms with Crippen LogP contribution in [0.15, 0.2) is 11.1 Å². The first kappa shape index (κ1) is 36.9. The minimum atomic E-state index is -2.41. The Bertz CT molecular complexity index is 1300. The van der Waals surface area contributed by atoms with Crippen molar-refractivity contribution >= 4 is 35.8 Å². The van der Waals surface area contributed by atoms with Crippen LogP contribution in [0.5, 0.6) is 0 Å². The Hall–Kier alpha value is -3.52. The molecule has 0 aliphatic heterocycles. The monoisotopic (exact) mass is 654 g/mol. The van der Waals surface area contributed by atoms with Crippen molar-refractivity contribution in [3.8, 4) is 0 Å². The van der Waals surface area contributed by atoms with Crippen LogP contribution in [-0.2, 0) is 57.2 Å². The van der Waals surface area contributed by atoms with Crippen LogP contribution in [0.3, 0.4) is 0 Å². The van der Waals surface area contributed by atoms with Crippen LogP contribution < -0.4 is 0 Å². The second-order valence-corrected chi connectivity index (χ2v) is 13.4. The summed E-state index contributed by atoms with van der Waals surface area (Å²) in [6, 6.07) is 0. The Morgan fingerprint density at radius 1 is 0.739 bits per heavy atom. The van der Waals surface area contributed by atoms with E-state index in [9.17, 15) is 39.0 Å². The molecule has 14 heteroatoms. The lowest BCUT2D eigenvalue weighted by atomic mass is 9.46. The van der Waals surface area contributed by atoms with E-state index in [2.05, 4.69) is 0 Å². The summed E-state index contributed by atoms with van der Waals surface area (Å²) >= 11 is 0. The summed E-state index contributed by atoms with van der Waals surface area (Å²) in [5, 5.41) is 24.1. The predicted molar refractivity (Wildman–Crippen MR) is 156 cm³/mol. The van der Waals surface area contributed by atoms with Gasteiger partial charge in [-0.2, -0.15) is 0 Å². The summed E-state index contributed by atoms with van der Waals surface area (Å²) in [5.74, 6) is -6.90. The zero-order valence-electron chi connectivity index (χ0n) is 28.0. The molecule has 0 amide bonds. The molecule has 2 fully saturated rings. The van der Waals surface area contributed by atoms with Crippen molar-refractivity contribution in [2.75, 3.05) is 6.61 Å². The lowest BCUT2D eigenvalue weighted by Gasteiger charge is -2.64. The molecule has 3 aliphatic rings. The molecule has 14 nitrogen and oxygen atoms in total. The molecule has 0 unspecified atom stereocenters. The smallest absolute Gasteiger partial charge is 0.303 e. The molecule has 0 aromatic rings. The van der Waals surface area contributed by atoms with Crippen LogP contribution in [0.4, 0.5) is 0 Å². The molecular weight excluding hydrogens is 608 g/mol. The number of rotatable bonds is 7. The Labute approximate surface area is 268 Å². The number of fused-ring (bicyclic) bond motifs is 3. The molecule has 2 bridgehead atoms. The molecule has 3 rings (SSSR count). The molecule has 258 valence electrons. The third-order valence-corrected chi connectivity index (χ3v) is 9.82. The third-order valence-electron chi connectivity index (χ3n) is 9.82. The van der Waals surface area contributed by atoms with Crippen molar-refractivity contribution in [3.05, 3.63) is 11.1 Å². The van der Waals surface area contributed by atoms with Gasteiger partial charge in [0.25, 0.3) is 0 Å². The normalized spacial score (nSPS) is 36.5. The molecule has 0 heterocycles. The molecule has 0 saturated heterocycles. The van der Waals surface area contributed by atoms with Crippen molar-refractivity contribution < 1.29 is 67.4 Å². The Morgan fingerprint density at radius 2 is 1.26 bits per heavy atom. The number of aliphatic hydroxyl groups excluding tert-OH is 1. The van der Waals surface area contributed by atoms with Gasteiger partial charge in [0.05, 0.1) is 11.5 Å². The van der Waals surface area contributed by atoms with Gasteiger partial charge >= 0.3 is 35.8 Å². The van der Waals surface area contributed by atoms with Crippen molar-refractivity contribution in [2.45, 2.75) is 124 Å². The first-order valence-electron chi connectivity index (χ1n) is 15.2. The Kier molecular flexibility index (Phi) is 10.7. The highest BCUT2D eigenvalue weighted by Gasteiger charge is 2.73. The summed E-state index contributed by atoms with van der Waals surface area (Å²) in [6.45, 7) is 12.9. The minimum Gasteiger partial charge on any atom is -0.463 e. The van der Waals surface area contributed by atoms with E-state index in [-0.39, 0.29) is 6.42 Å². The summed E-state index contributed by atoms with van der Waals surface area (Å²) in [7, 11) is 0. The summed E-state index contributed by atoms with van der Waals surface area (Å²) in [5.41, 5.74) is -4.37. The topological polar surface area (TPSA) is 198 Å². The zero-order valence-corrected chi connectivity index (χ0v) is 28.0. The molecule has 0 aromatic carbocycles. The summed E-state index contributed by atoms with van der Waals surface area (Å²) < 4.78 is 34.8. The van der Waals surface area contributed by atoms with Crippen LogP contribution in [0.1, 0.15) is 82.1 Å². The molecule has 3 aliphatic carbocycles. The highest BCUT2D eigenvalue weighted by molar-refractivity contribution is 5.70. The lowest BCUT2D eigenvalue weighted by Crippen LogP contribution is -2.76. The van der Waals surface area contributed by atoms with Crippen molar-refractivity contribution in [1.29, 1.82) is 0 Å². The quantitative estimate of drug-likeness (QED) is 0.228. The number of aliphatic hydroxyl groups is 2. The maximum absolute atomic E-state index is 12.9. The molecule has 46 heavy (non-hydrogen) atoms. The van der Waals surface area contributed by atoms with Gasteiger partial charge in [-0.15, -0.1) is 0 Å². The first-order valence-corrected chi connectivity index (χ1v) is 15.2. The number of hydrogen-bond donors (Lipinski definition) is 2. The minimum absolute atomic E-state index is 0.0510. The van der Waals surface area contributed by atoms with Gasteiger partial charge in [0.15, 0.2) is 12.2 Å². The lowest BCUT2D eigenvalue weighted by molar-refractivity contribution is -0.299. The number of ether oxygens (including phenoxy) is 6. The fourth-order valence-electron chi connectivity index (χ4n) is 8.16. The summed E-state index contributed by atoms with van der Waals surface area (Å²) in [4.78, 5) is 75.5. The van der Waals surface area contributed by atoms with Crippen LogP contribution in [0.25, 0.3) is 0 Å². The first-order chi connectivity index (χ1) is 21.1. The fraction of sp³-hybridized carbons (Fsp3) is 0.750. The average Bonchev–Trinajstić information content (AvgIpc) is 2.88. The highest BCUT2D eigenvalue weighted by atomic mass is 16.6. The molecule has 0 aromatic heterocycles. The molecule has 0 spiro atoms. The van der Waals surface area contributed by atoms with Gasteiger partial charge in [-0.25, -0.2) is 0 Å². The molecule has 2 N–H and O–H groups in total. The second kappa shape index (κ2) is 13.3. The maximum Gasteiger partial charge on any atom is 0.303 e. The maximum atomic E-state index is 12.9. The van der Waals surface area contributed by atoms with E-state index < -0.39 is 114 Å². The van der Waals surface area contributed by atoms with E-state index in [1.165, 1.54) is 13.8 Å². The Morgan fingerprint density at radius 3 is 1.74 bits per heavy atom. The Balaban J connectivity index is 2.60. The van der Waals surface area contributed by atoms with E-state index in [0.29, 0.717) is 11.1 Å². The van der Waals surface area contributed by atoms with Gasteiger partial charge in [0, 0.05) is 59.8 Å². The van der Waals surface area contributed by atoms with Gasteiger partial charge in [-0.3, -0.25) is 28.8 Å². The van der Waals surface area contributed by atoms with E-state index >= 15 is 0 Å². The van der Waals surface area contributed by atoms with Gasteiger partial charge in [-0.1, -0.05) is 20.8 Å². The third kappa shape index (κ3) is 6.78. The van der Waals surface area contributed by atoms with Gasteiger partial charge in [0.2, 0.25) is 0 Å². The standard InChI is InChI=1S/C32H46O14/c1-14-22(42-16(3)34)11-21-26(44-18(5)36)28-31(10,24(43-17(4)35)12-23(39)32(28,40)13-41-15(2)33)29(46-20(7)38)27(45-19(6)37)25(14)30(21,8)9/h21-24,26-29,39-40H,11-13H2,1-10H3/t21-,22-,23-,24-,26+,27+,28-,29-,31+,32-/m0/s1. The predicted octanol–water partition coefficient (Wildman–Crippen LogP) is 1.70. The molecule has 0 radical (unpaired) electrons. The van der Waals surface area contributed by atoms with E-state index in [1.54, 1.807) is 20.8 Å². The molecular formula is C32H46O14. The number of esters is 6. The molecule has 10 atom stereocenters. The zero-order chi connectivity index (χ0) is 35.1. The van der Waals surface area contributed by atoms with Crippen molar-refractivity contribution in [1.82, 2.24) is 0 Å². The van der Waals surface area contributed by atoms with Gasteiger partial charge in [0.1, 0.15) is 30.5 Å². The van der Waals surface area contributed by atoms with Crippen molar-refractivity contribution in [3.63, 3.8) is 0 Å². The number of carbonyl (C=O) groups is 6. The largest absolute Gasteiger partial charge is 0.463 e. The highest BCUT2D eigenvalue weighted by Crippen LogP contribution is 2.62. The fourth-order valence-corrected chi connectivity index (χ4v) is 8.16. The van der Waals surface area contributed by atoms with Crippen LogP contribution in [0, 0.1) is 22.7 Å². The number of hydrogen-bond acceptors (Lipinski definition) is 14.